The van der Waals surface area contributed by atoms with Crippen LogP contribution >= 0.6 is 0 Å². The monoisotopic (exact) mass is 203 g/mol. The molecule has 2 atom stereocenters. The van der Waals surface area contributed by atoms with E-state index in [0.29, 0.717) is 12.3 Å². The van der Waals surface area contributed by atoms with E-state index in [-0.39, 0.29) is 17.1 Å². The van der Waals surface area contributed by atoms with Gasteiger partial charge in [0.1, 0.15) is 0 Å². The first-order chi connectivity index (χ1) is 6.94. The highest BCUT2D eigenvalue weighted by Crippen LogP contribution is 2.51. The van der Waals surface area contributed by atoms with Crippen LogP contribution in [0.5, 0.6) is 0 Å². The quantitative estimate of drug-likeness (QED) is 0.657. The minimum absolute atomic E-state index is 0.0918. The number of nitriles is 1. The maximum atomic E-state index is 11.8. The molecule has 0 unspecified atom stereocenters. The van der Waals surface area contributed by atoms with Gasteiger partial charge < -0.3 is 0 Å². The van der Waals surface area contributed by atoms with E-state index in [1.165, 1.54) is 5.57 Å². The van der Waals surface area contributed by atoms with Gasteiger partial charge in [-0.25, -0.2) is 0 Å². The normalized spacial score (nSPS) is 33.9. The van der Waals surface area contributed by atoms with E-state index in [4.69, 9.17) is 5.26 Å². The molecule has 0 bridgehead atoms. The second-order valence-electron chi connectivity index (χ2n) is 5.67. The van der Waals surface area contributed by atoms with Gasteiger partial charge in [-0.1, -0.05) is 19.4 Å². The number of carbonyl (C=O) groups is 1. The van der Waals surface area contributed by atoms with Crippen molar-refractivity contribution in [1.82, 2.24) is 0 Å². The third-order valence-electron chi connectivity index (χ3n) is 3.61. The van der Waals surface area contributed by atoms with E-state index in [2.05, 4.69) is 19.9 Å². The van der Waals surface area contributed by atoms with Gasteiger partial charge in [0, 0.05) is 6.42 Å². The van der Waals surface area contributed by atoms with E-state index in [1.54, 1.807) is 0 Å². The van der Waals surface area contributed by atoms with Crippen molar-refractivity contribution < 1.29 is 4.79 Å². The molecule has 2 aliphatic rings. The van der Waals surface area contributed by atoms with Crippen molar-refractivity contribution in [3.05, 3.63) is 11.1 Å². The molecule has 15 heavy (non-hydrogen) atoms. The van der Waals surface area contributed by atoms with Gasteiger partial charge in [-0.3, -0.25) is 4.79 Å². The fraction of sp³-hybridized carbons (Fsp3) is 0.692. The number of carbonyl (C=O) groups excluding carboxylic acids is 1. The average molecular weight is 203 g/mol. The molecule has 0 radical (unpaired) electrons. The molecular weight excluding hydrogens is 186 g/mol. The minimum atomic E-state index is 0.0918. The number of allylic oxidation sites excluding steroid dienone is 2. The zero-order valence-electron chi connectivity index (χ0n) is 9.63. The lowest BCUT2D eigenvalue weighted by atomic mass is 9.72. The van der Waals surface area contributed by atoms with Crippen LogP contribution in [-0.4, -0.2) is 5.78 Å². The Hall–Kier alpha value is -1.10. The van der Waals surface area contributed by atoms with Crippen molar-refractivity contribution in [1.29, 1.82) is 5.26 Å². The molecule has 0 aromatic carbocycles. The van der Waals surface area contributed by atoms with E-state index < -0.39 is 0 Å². The second kappa shape index (κ2) is 3.20. The zero-order valence-corrected chi connectivity index (χ0v) is 9.63. The van der Waals surface area contributed by atoms with Crippen LogP contribution in [0.3, 0.4) is 0 Å². The molecule has 0 spiro atoms. The molecule has 2 aliphatic carbocycles. The summed E-state index contributed by atoms with van der Waals surface area (Å²) in [5, 5.41) is 8.83. The molecule has 2 nitrogen and oxygen atoms in total. The largest absolute Gasteiger partial charge is 0.295 e. The number of ketones is 1. The van der Waals surface area contributed by atoms with Crippen LogP contribution in [0.25, 0.3) is 0 Å². The SMILES string of the molecule is CC1=C([C@@H]2C[C@H]2C#N)CC(C)(C)CC1=O. The van der Waals surface area contributed by atoms with Gasteiger partial charge in [-0.2, -0.15) is 5.26 Å². The zero-order chi connectivity index (χ0) is 11.2. The lowest BCUT2D eigenvalue weighted by Gasteiger charge is -2.31. The van der Waals surface area contributed by atoms with Gasteiger partial charge in [0.15, 0.2) is 5.78 Å². The molecular formula is C13H17NO. The second-order valence-corrected chi connectivity index (χ2v) is 5.67. The van der Waals surface area contributed by atoms with Crippen LogP contribution < -0.4 is 0 Å². The molecule has 2 heteroatoms. The highest BCUT2D eigenvalue weighted by Gasteiger charge is 2.44. The van der Waals surface area contributed by atoms with Gasteiger partial charge in [0.05, 0.1) is 12.0 Å². The fourth-order valence-corrected chi connectivity index (χ4v) is 2.59. The van der Waals surface area contributed by atoms with Crippen molar-refractivity contribution in [3.63, 3.8) is 0 Å². The first-order valence-electron chi connectivity index (χ1n) is 5.57. The molecule has 0 heterocycles. The maximum Gasteiger partial charge on any atom is 0.159 e. The molecule has 0 aromatic heterocycles. The van der Waals surface area contributed by atoms with Crippen LogP contribution in [0, 0.1) is 28.6 Å². The molecule has 0 saturated heterocycles. The Bertz CT molecular complexity index is 384. The van der Waals surface area contributed by atoms with Crippen LogP contribution in [-0.2, 0) is 4.79 Å². The van der Waals surface area contributed by atoms with Gasteiger partial charge in [0.25, 0.3) is 0 Å². The Morgan fingerprint density at radius 3 is 2.60 bits per heavy atom. The Morgan fingerprint density at radius 1 is 1.40 bits per heavy atom. The lowest BCUT2D eigenvalue weighted by molar-refractivity contribution is -0.118. The number of hydrogen-bond acceptors (Lipinski definition) is 2. The van der Waals surface area contributed by atoms with Crippen LogP contribution in [0.2, 0.25) is 0 Å². The van der Waals surface area contributed by atoms with Crippen molar-refractivity contribution in [2.75, 3.05) is 0 Å². The van der Waals surface area contributed by atoms with Crippen molar-refractivity contribution in [3.8, 4) is 6.07 Å². The van der Waals surface area contributed by atoms with Crippen molar-refractivity contribution >= 4 is 5.78 Å². The van der Waals surface area contributed by atoms with E-state index >= 15 is 0 Å². The Labute approximate surface area is 91.0 Å². The number of Topliss-reactive ketones (excluding diaryl/α,β-unsaturated/α-hetero) is 1. The fourth-order valence-electron chi connectivity index (χ4n) is 2.59. The smallest absolute Gasteiger partial charge is 0.159 e. The minimum Gasteiger partial charge on any atom is -0.295 e. The maximum absolute atomic E-state index is 11.8. The third kappa shape index (κ3) is 1.84. The van der Waals surface area contributed by atoms with Crippen LogP contribution in [0.15, 0.2) is 11.1 Å². The summed E-state index contributed by atoms with van der Waals surface area (Å²) in [4.78, 5) is 11.8. The van der Waals surface area contributed by atoms with Crippen LogP contribution in [0.4, 0.5) is 0 Å². The Balaban J connectivity index is 2.26. The van der Waals surface area contributed by atoms with E-state index in [9.17, 15) is 4.79 Å². The highest BCUT2D eigenvalue weighted by atomic mass is 16.1. The molecule has 0 aromatic rings. The van der Waals surface area contributed by atoms with Crippen LogP contribution in [0.1, 0.15) is 40.0 Å². The molecule has 2 rings (SSSR count). The molecule has 1 saturated carbocycles. The van der Waals surface area contributed by atoms with E-state index in [1.807, 2.05) is 6.92 Å². The van der Waals surface area contributed by atoms with Gasteiger partial charge >= 0.3 is 0 Å². The number of nitrogens with zero attached hydrogens (tertiary/aromatic N) is 1. The van der Waals surface area contributed by atoms with Gasteiger partial charge in [-0.05, 0) is 36.7 Å². The highest BCUT2D eigenvalue weighted by molar-refractivity contribution is 5.97. The summed E-state index contributed by atoms with van der Waals surface area (Å²) < 4.78 is 0. The van der Waals surface area contributed by atoms with Crippen molar-refractivity contribution in [2.45, 2.75) is 40.0 Å². The average Bonchev–Trinajstić information content (AvgIpc) is 2.89. The molecule has 0 N–H and O–H groups in total. The summed E-state index contributed by atoms with van der Waals surface area (Å²) in [7, 11) is 0. The molecule has 0 amide bonds. The standard InChI is InChI=1S/C13H17NO/c1-8-11(10-4-9(10)7-14)5-13(2,3)6-12(8)15/h9-10H,4-6H2,1-3H3/t9-,10+/m0/s1. The summed E-state index contributed by atoms with van der Waals surface area (Å²) >= 11 is 0. The summed E-state index contributed by atoms with van der Waals surface area (Å²) in [6.45, 7) is 6.21. The molecule has 80 valence electrons. The van der Waals surface area contributed by atoms with Crippen molar-refractivity contribution in [2.24, 2.45) is 17.3 Å². The summed E-state index contributed by atoms with van der Waals surface area (Å²) in [6.07, 6.45) is 2.62. The van der Waals surface area contributed by atoms with Gasteiger partial charge in [-0.15, -0.1) is 0 Å². The summed E-state index contributed by atoms with van der Waals surface area (Å²) in [5.41, 5.74) is 2.30. The molecule has 0 aliphatic heterocycles. The first kappa shape index (κ1) is 10.4. The molecule has 1 fully saturated rings. The first-order valence-corrected chi connectivity index (χ1v) is 5.57. The predicted octanol–water partition coefficient (Wildman–Crippen LogP) is 2.85. The third-order valence-corrected chi connectivity index (χ3v) is 3.61. The summed E-state index contributed by atoms with van der Waals surface area (Å²) in [5.74, 6) is 0.847. The Morgan fingerprint density at radius 2 is 2.07 bits per heavy atom. The number of hydrogen-bond donors (Lipinski definition) is 0. The number of rotatable bonds is 1. The predicted molar refractivity (Wildman–Crippen MR) is 57.9 cm³/mol. The summed E-state index contributed by atoms with van der Waals surface area (Å²) in [6, 6.07) is 2.30. The topological polar surface area (TPSA) is 40.9 Å². The van der Waals surface area contributed by atoms with E-state index in [0.717, 1.165) is 18.4 Å². The Kier molecular flexibility index (Phi) is 2.22. The lowest BCUT2D eigenvalue weighted by Crippen LogP contribution is -2.25. The van der Waals surface area contributed by atoms with Gasteiger partial charge in [0.2, 0.25) is 0 Å².